The monoisotopic (exact) mass is 296 g/mol. The summed E-state index contributed by atoms with van der Waals surface area (Å²) in [6.07, 6.45) is 0.678. The zero-order chi connectivity index (χ0) is 15.4. The van der Waals surface area contributed by atoms with E-state index in [0.29, 0.717) is 25.3 Å². The lowest BCUT2D eigenvalue weighted by atomic mass is 10.1. The molecule has 1 aromatic carbocycles. The number of carboxylic acids is 1. The zero-order valence-corrected chi connectivity index (χ0v) is 11.6. The van der Waals surface area contributed by atoms with Gasteiger partial charge in [0.1, 0.15) is 11.6 Å². The number of amides is 2. The number of aliphatic carboxylic acids is 1. The van der Waals surface area contributed by atoms with Crippen LogP contribution < -0.4 is 10.1 Å². The van der Waals surface area contributed by atoms with Crippen LogP contribution in [0.1, 0.15) is 12.8 Å². The maximum atomic E-state index is 13.6. The van der Waals surface area contributed by atoms with Gasteiger partial charge in [0.2, 0.25) is 0 Å². The number of halogens is 1. The van der Waals surface area contributed by atoms with Crippen molar-refractivity contribution in [3.8, 4) is 5.75 Å². The second-order valence-electron chi connectivity index (χ2n) is 4.97. The number of likely N-dealkylation sites (tertiary alicyclic amines) is 1. The number of ether oxygens (including phenoxy) is 1. The maximum Gasteiger partial charge on any atom is 0.321 e. The van der Waals surface area contributed by atoms with Gasteiger partial charge in [0.15, 0.2) is 0 Å². The molecular formula is C14H17FN2O4. The Morgan fingerprint density at radius 2 is 2.29 bits per heavy atom. The number of nitrogens with one attached hydrogen (secondary N) is 1. The van der Waals surface area contributed by atoms with Crippen molar-refractivity contribution in [2.75, 3.05) is 25.5 Å². The smallest absolute Gasteiger partial charge is 0.321 e. The summed E-state index contributed by atoms with van der Waals surface area (Å²) in [6, 6.07) is 3.64. The minimum Gasteiger partial charge on any atom is -0.497 e. The van der Waals surface area contributed by atoms with Crippen LogP contribution in [0.25, 0.3) is 0 Å². The van der Waals surface area contributed by atoms with E-state index in [1.165, 1.54) is 30.2 Å². The van der Waals surface area contributed by atoms with Gasteiger partial charge < -0.3 is 20.1 Å². The van der Waals surface area contributed by atoms with Gasteiger partial charge in [-0.3, -0.25) is 4.79 Å². The van der Waals surface area contributed by atoms with Crippen LogP contribution in [0.15, 0.2) is 18.2 Å². The molecule has 0 aliphatic carbocycles. The van der Waals surface area contributed by atoms with Crippen molar-refractivity contribution in [3.63, 3.8) is 0 Å². The predicted molar refractivity (Wildman–Crippen MR) is 73.9 cm³/mol. The van der Waals surface area contributed by atoms with Gasteiger partial charge in [-0.2, -0.15) is 0 Å². The average Bonchev–Trinajstić information content (AvgIpc) is 2.89. The van der Waals surface area contributed by atoms with Gasteiger partial charge in [-0.1, -0.05) is 0 Å². The van der Waals surface area contributed by atoms with Crippen molar-refractivity contribution < 1.29 is 23.8 Å². The van der Waals surface area contributed by atoms with E-state index in [1.54, 1.807) is 0 Å². The Labute approximate surface area is 121 Å². The number of nitrogens with zero attached hydrogens (tertiary/aromatic N) is 1. The molecule has 0 saturated carbocycles. The molecular weight excluding hydrogens is 279 g/mol. The lowest BCUT2D eigenvalue weighted by molar-refractivity contribution is -0.138. The Kier molecular flexibility index (Phi) is 4.62. The van der Waals surface area contributed by atoms with Crippen molar-refractivity contribution >= 4 is 17.7 Å². The number of hydrogen-bond donors (Lipinski definition) is 2. The van der Waals surface area contributed by atoms with E-state index in [-0.39, 0.29) is 18.0 Å². The lowest BCUT2D eigenvalue weighted by Crippen LogP contribution is -2.33. The van der Waals surface area contributed by atoms with E-state index in [2.05, 4.69) is 5.32 Å². The highest BCUT2D eigenvalue weighted by Gasteiger charge is 2.28. The van der Waals surface area contributed by atoms with Crippen molar-refractivity contribution in [1.29, 1.82) is 0 Å². The van der Waals surface area contributed by atoms with Crippen LogP contribution in [-0.4, -0.2) is 42.2 Å². The third-order valence-electron chi connectivity index (χ3n) is 3.45. The molecule has 1 unspecified atom stereocenters. The summed E-state index contributed by atoms with van der Waals surface area (Å²) in [7, 11) is 1.45. The standard InChI is InChI=1S/C14H17FN2O4/c1-21-10-2-3-11(15)12(7-10)16-14(20)17-5-4-9(8-17)6-13(18)19/h2-3,7,9H,4-6,8H2,1H3,(H,16,20)(H,18,19). The molecule has 7 heteroatoms. The number of carbonyl (C=O) groups is 2. The molecule has 0 aromatic heterocycles. The van der Waals surface area contributed by atoms with E-state index in [0.717, 1.165) is 0 Å². The van der Waals surface area contributed by atoms with Gasteiger partial charge in [-0.05, 0) is 24.5 Å². The fourth-order valence-corrected chi connectivity index (χ4v) is 2.35. The summed E-state index contributed by atoms with van der Waals surface area (Å²) in [6.45, 7) is 0.832. The van der Waals surface area contributed by atoms with E-state index in [9.17, 15) is 14.0 Å². The first-order valence-corrected chi connectivity index (χ1v) is 6.61. The molecule has 2 rings (SSSR count). The normalized spacial score (nSPS) is 17.6. The number of carbonyl (C=O) groups excluding carboxylic acids is 1. The van der Waals surface area contributed by atoms with E-state index in [4.69, 9.17) is 9.84 Å². The second-order valence-corrected chi connectivity index (χ2v) is 4.97. The highest BCUT2D eigenvalue weighted by molar-refractivity contribution is 5.90. The summed E-state index contributed by atoms with van der Waals surface area (Å²) in [4.78, 5) is 24.2. The molecule has 1 aliphatic heterocycles. The summed E-state index contributed by atoms with van der Waals surface area (Å²) >= 11 is 0. The molecule has 1 fully saturated rings. The highest BCUT2D eigenvalue weighted by atomic mass is 19.1. The molecule has 21 heavy (non-hydrogen) atoms. The largest absolute Gasteiger partial charge is 0.497 e. The summed E-state index contributed by atoms with van der Waals surface area (Å²) in [5.41, 5.74) is 0.0426. The van der Waals surface area contributed by atoms with Crippen molar-refractivity contribution in [1.82, 2.24) is 4.90 Å². The van der Waals surface area contributed by atoms with Crippen LogP contribution in [0, 0.1) is 11.7 Å². The minimum atomic E-state index is -0.874. The lowest BCUT2D eigenvalue weighted by Gasteiger charge is -2.17. The third-order valence-corrected chi connectivity index (χ3v) is 3.45. The summed E-state index contributed by atoms with van der Waals surface area (Å²) in [5.74, 6) is -1.04. The molecule has 0 bridgehead atoms. The average molecular weight is 296 g/mol. The topological polar surface area (TPSA) is 78.9 Å². The first-order valence-electron chi connectivity index (χ1n) is 6.61. The van der Waals surface area contributed by atoms with Crippen LogP contribution in [0.5, 0.6) is 5.75 Å². The van der Waals surface area contributed by atoms with Gasteiger partial charge >= 0.3 is 12.0 Å². The van der Waals surface area contributed by atoms with Gasteiger partial charge in [0.25, 0.3) is 0 Å². The van der Waals surface area contributed by atoms with Crippen LogP contribution in [0.3, 0.4) is 0 Å². The molecule has 114 valence electrons. The molecule has 1 aliphatic rings. The predicted octanol–water partition coefficient (Wildman–Crippen LogP) is 2.16. The van der Waals surface area contributed by atoms with E-state index >= 15 is 0 Å². The number of methoxy groups -OCH3 is 1. The highest BCUT2D eigenvalue weighted by Crippen LogP contribution is 2.24. The quantitative estimate of drug-likeness (QED) is 0.892. The molecule has 6 nitrogen and oxygen atoms in total. The van der Waals surface area contributed by atoms with E-state index < -0.39 is 17.8 Å². The Morgan fingerprint density at radius 1 is 1.52 bits per heavy atom. The maximum absolute atomic E-state index is 13.6. The molecule has 2 N–H and O–H groups in total. The Hall–Kier alpha value is -2.31. The second kappa shape index (κ2) is 6.43. The first-order chi connectivity index (χ1) is 9.99. The minimum absolute atomic E-state index is 0.0390. The number of hydrogen-bond acceptors (Lipinski definition) is 3. The Morgan fingerprint density at radius 3 is 2.95 bits per heavy atom. The molecule has 1 atom stereocenters. The van der Waals surface area contributed by atoms with E-state index in [1.807, 2.05) is 0 Å². The molecule has 1 heterocycles. The van der Waals surface area contributed by atoms with Crippen molar-refractivity contribution in [3.05, 3.63) is 24.0 Å². The van der Waals surface area contributed by atoms with Crippen LogP contribution >= 0.6 is 0 Å². The summed E-state index contributed by atoms with van der Waals surface area (Å²) < 4.78 is 18.6. The van der Waals surface area contributed by atoms with Crippen LogP contribution in [-0.2, 0) is 4.79 Å². The molecule has 0 radical (unpaired) electrons. The summed E-state index contributed by atoms with van der Waals surface area (Å²) in [5, 5.41) is 11.2. The number of anilines is 1. The molecule has 1 saturated heterocycles. The first kappa shape index (κ1) is 15.1. The zero-order valence-electron chi connectivity index (χ0n) is 11.6. The Balaban J connectivity index is 1.97. The fourth-order valence-electron chi connectivity index (χ4n) is 2.35. The van der Waals surface area contributed by atoms with Gasteiger partial charge in [0, 0.05) is 25.6 Å². The number of rotatable bonds is 4. The third kappa shape index (κ3) is 3.84. The van der Waals surface area contributed by atoms with Crippen LogP contribution in [0.2, 0.25) is 0 Å². The van der Waals surface area contributed by atoms with Crippen molar-refractivity contribution in [2.24, 2.45) is 5.92 Å². The number of carboxylic acid groups (broad SMARTS) is 1. The number of benzene rings is 1. The van der Waals surface area contributed by atoms with Crippen LogP contribution in [0.4, 0.5) is 14.9 Å². The van der Waals surface area contributed by atoms with Crippen molar-refractivity contribution in [2.45, 2.75) is 12.8 Å². The fraction of sp³-hybridized carbons (Fsp3) is 0.429. The molecule has 2 amide bonds. The van der Waals surface area contributed by atoms with Gasteiger partial charge in [-0.25, -0.2) is 9.18 Å². The molecule has 1 aromatic rings. The van der Waals surface area contributed by atoms with Gasteiger partial charge in [0.05, 0.1) is 12.8 Å². The molecule has 0 spiro atoms. The Bertz CT molecular complexity index is 550. The number of urea groups is 1. The SMILES string of the molecule is COc1ccc(F)c(NC(=O)N2CCC(CC(=O)O)C2)c1. The van der Waals surface area contributed by atoms with Gasteiger partial charge in [-0.15, -0.1) is 0 Å².